The van der Waals surface area contributed by atoms with E-state index in [9.17, 15) is 4.79 Å². The van der Waals surface area contributed by atoms with E-state index in [1.54, 1.807) is 23.6 Å². The van der Waals surface area contributed by atoms with E-state index in [4.69, 9.17) is 0 Å². The number of thiophene rings is 1. The van der Waals surface area contributed by atoms with Crippen LogP contribution >= 0.6 is 11.3 Å². The molecule has 2 heterocycles. The van der Waals surface area contributed by atoms with Crippen LogP contribution in [0.2, 0.25) is 0 Å². The lowest BCUT2D eigenvalue weighted by Gasteiger charge is -2.06. The molecule has 5 heteroatoms. The molecule has 0 unspecified atom stereocenters. The Hall–Kier alpha value is -1.62. The van der Waals surface area contributed by atoms with Crippen molar-refractivity contribution in [3.05, 3.63) is 45.0 Å². The molecular formula is C13H15N3OS. The maximum atomic E-state index is 11.9. The minimum absolute atomic E-state index is 0.0517. The molecule has 0 radical (unpaired) electrons. The Kier molecular flexibility index (Phi) is 3.15. The summed E-state index contributed by atoms with van der Waals surface area (Å²) < 4.78 is 1.49. The van der Waals surface area contributed by atoms with Gasteiger partial charge in [-0.05, 0) is 30.2 Å². The van der Waals surface area contributed by atoms with Crippen LogP contribution in [0.15, 0.2) is 34.6 Å². The lowest BCUT2D eigenvalue weighted by Crippen LogP contribution is -2.23. The van der Waals surface area contributed by atoms with Gasteiger partial charge in [0.1, 0.15) is 0 Å². The van der Waals surface area contributed by atoms with Crippen LogP contribution in [0.4, 0.5) is 5.69 Å². The molecule has 0 aliphatic heterocycles. The van der Waals surface area contributed by atoms with E-state index in [0.29, 0.717) is 6.54 Å². The van der Waals surface area contributed by atoms with Crippen molar-refractivity contribution in [1.82, 2.24) is 9.78 Å². The van der Waals surface area contributed by atoms with Crippen molar-refractivity contribution in [2.45, 2.75) is 19.4 Å². The fraction of sp³-hybridized carbons (Fsp3) is 0.385. The van der Waals surface area contributed by atoms with Gasteiger partial charge in [0.05, 0.1) is 18.4 Å². The zero-order valence-electron chi connectivity index (χ0n) is 10.0. The molecule has 94 valence electrons. The van der Waals surface area contributed by atoms with E-state index >= 15 is 0 Å². The fourth-order valence-electron chi connectivity index (χ4n) is 1.78. The quantitative estimate of drug-likeness (QED) is 0.897. The third kappa shape index (κ3) is 2.79. The molecule has 3 rings (SSSR count). The summed E-state index contributed by atoms with van der Waals surface area (Å²) in [6.45, 7) is 1.51. The molecule has 18 heavy (non-hydrogen) atoms. The van der Waals surface area contributed by atoms with E-state index in [-0.39, 0.29) is 5.56 Å². The third-order valence-electron chi connectivity index (χ3n) is 3.05. The molecule has 4 nitrogen and oxygen atoms in total. The number of rotatable bonds is 5. The average Bonchev–Trinajstić information content (AvgIpc) is 3.06. The first-order valence-electron chi connectivity index (χ1n) is 6.15. The molecule has 1 aliphatic rings. The van der Waals surface area contributed by atoms with E-state index in [1.807, 2.05) is 17.5 Å². The van der Waals surface area contributed by atoms with Gasteiger partial charge in [-0.25, -0.2) is 4.68 Å². The summed E-state index contributed by atoms with van der Waals surface area (Å²) in [5.74, 6) is 0.790. The van der Waals surface area contributed by atoms with Crippen LogP contribution < -0.4 is 10.9 Å². The smallest absolute Gasteiger partial charge is 0.269 e. The molecule has 0 amide bonds. The Bertz CT molecular complexity index is 572. The number of nitrogens with one attached hydrogen (secondary N) is 1. The van der Waals surface area contributed by atoms with Gasteiger partial charge in [0.25, 0.3) is 5.56 Å². The Morgan fingerprint density at radius 3 is 3.06 bits per heavy atom. The number of hydrogen-bond donors (Lipinski definition) is 1. The standard InChI is InChI=1S/C13H15N3OS/c17-13-6-11(14-7-10-3-4-10)8-15-16(13)9-12-2-1-5-18-12/h1-2,5-6,8,10,14H,3-4,7,9H2. The highest BCUT2D eigenvalue weighted by atomic mass is 32.1. The van der Waals surface area contributed by atoms with Crippen LogP contribution in [0.3, 0.4) is 0 Å². The van der Waals surface area contributed by atoms with Gasteiger partial charge in [-0.3, -0.25) is 4.79 Å². The van der Waals surface area contributed by atoms with E-state index < -0.39 is 0 Å². The van der Waals surface area contributed by atoms with Crippen LogP contribution in [0.25, 0.3) is 0 Å². The SMILES string of the molecule is O=c1cc(NCC2CC2)cnn1Cc1cccs1. The fourth-order valence-corrected chi connectivity index (χ4v) is 2.47. The molecular weight excluding hydrogens is 246 g/mol. The largest absolute Gasteiger partial charge is 0.383 e. The second kappa shape index (κ2) is 4.94. The summed E-state index contributed by atoms with van der Waals surface area (Å²) in [6, 6.07) is 5.62. The zero-order chi connectivity index (χ0) is 12.4. The average molecular weight is 261 g/mol. The van der Waals surface area contributed by atoms with Crippen LogP contribution in [0.5, 0.6) is 0 Å². The number of nitrogens with zero attached hydrogens (tertiary/aromatic N) is 2. The molecule has 0 atom stereocenters. The van der Waals surface area contributed by atoms with Crippen molar-refractivity contribution < 1.29 is 0 Å². The summed E-state index contributed by atoms with van der Waals surface area (Å²) in [5.41, 5.74) is 0.776. The van der Waals surface area contributed by atoms with Gasteiger partial charge in [0, 0.05) is 17.5 Å². The Morgan fingerprint density at radius 2 is 2.39 bits per heavy atom. The van der Waals surface area contributed by atoms with Crippen LogP contribution in [0.1, 0.15) is 17.7 Å². The van der Waals surface area contributed by atoms with Gasteiger partial charge in [-0.1, -0.05) is 6.07 Å². The lowest BCUT2D eigenvalue weighted by molar-refractivity contribution is 0.645. The van der Waals surface area contributed by atoms with Gasteiger partial charge >= 0.3 is 0 Å². The molecule has 2 aromatic rings. The first kappa shape index (κ1) is 11.5. The Morgan fingerprint density at radius 1 is 1.50 bits per heavy atom. The molecule has 1 aliphatic carbocycles. The molecule has 2 aromatic heterocycles. The highest BCUT2D eigenvalue weighted by Gasteiger charge is 2.20. The number of anilines is 1. The topological polar surface area (TPSA) is 46.9 Å². The lowest BCUT2D eigenvalue weighted by atomic mass is 10.4. The van der Waals surface area contributed by atoms with Crippen molar-refractivity contribution in [3.63, 3.8) is 0 Å². The normalized spacial score (nSPS) is 14.7. The van der Waals surface area contributed by atoms with Crippen molar-refractivity contribution in [2.75, 3.05) is 11.9 Å². The summed E-state index contributed by atoms with van der Waals surface area (Å²) in [4.78, 5) is 13.0. The first-order valence-corrected chi connectivity index (χ1v) is 7.02. The summed E-state index contributed by atoms with van der Waals surface area (Å²) in [7, 11) is 0. The first-order chi connectivity index (χ1) is 8.81. The highest BCUT2D eigenvalue weighted by molar-refractivity contribution is 7.09. The number of aromatic nitrogens is 2. The molecule has 0 aromatic carbocycles. The van der Waals surface area contributed by atoms with Crippen molar-refractivity contribution in [3.8, 4) is 0 Å². The summed E-state index contributed by atoms with van der Waals surface area (Å²) >= 11 is 1.64. The van der Waals surface area contributed by atoms with Crippen molar-refractivity contribution in [2.24, 2.45) is 5.92 Å². The van der Waals surface area contributed by atoms with Crippen LogP contribution in [-0.4, -0.2) is 16.3 Å². The second-order valence-electron chi connectivity index (χ2n) is 4.64. The summed E-state index contributed by atoms with van der Waals surface area (Å²) in [5, 5.41) is 9.47. The van der Waals surface area contributed by atoms with E-state index in [2.05, 4.69) is 10.4 Å². The highest BCUT2D eigenvalue weighted by Crippen LogP contribution is 2.28. The molecule has 0 saturated heterocycles. The molecule has 1 saturated carbocycles. The predicted octanol–water partition coefficient (Wildman–Crippen LogP) is 2.17. The van der Waals surface area contributed by atoms with Crippen molar-refractivity contribution >= 4 is 17.0 Å². The number of hydrogen-bond acceptors (Lipinski definition) is 4. The maximum Gasteiger partial charge on any atom is 0.269 e. The van der Waals surface area contributed by atoms with Crippen LogP contribution in [-0.2, 0) is 6.54 Å². The Labute approximate surface area is 109 Å². The monoisotopic (exact) mass is 261 g/mol. The van der Waals surface area contributed by atoms with Gasteiger partial charge in [-0.15, -0.1) is 11.3 Å². The van der Waals surface area contributed by atoms with Gasteiger partial charge in [-0.2, -0.15) is 5.10 Å². The second-order valence-corrected chi connectivity index (χ2v) is 5.68. The van der Waals surface area contributed by atoms with Gasteiger partial charge in [0.15, 0.2) is 0 Å². The van der Waals surface area contributed by atoms with Gasteiger partial charge in [0.2, 0.25) is 0 Å². The third-order valence-corrected chi connectivity index (χ3v) is 3.91. The molecule has 1 fully saturated rings. The molecule has 0 spiro atoms. The van der Waals surface area contributed by atoms with Crippen molar-refractivity contribution in [1.29, 1.82) is 0 Å². The van der Waals surface area contributed by atoms with E-state index in [0.717, 1.165) is 23.0 Å². The van der Waals surface area contributed by atoms with E-state index in [1.165, 1.54) is 17.5 Å². The Balaban J connectivity index is 1.69. The zero-order valence-corrected chi connectivity index (χ0v) is 10.8. The maximum absolute atomic E-state index is 11.9. The van der Waals surface area contributed by atoms with Gasteiger partial charge < -0.3 is 5.32 Å². The minimum atomic E-state index is -0.0517. The summed E-state index contributed by atoms with van der Waals surface area (Å²) in [6.07, 6.45) is 4.34. The predicted molar refractivity (Wildman–Crippen MR) is 73.1 cm³/mol. The molecule has 1 N–H and O–H groups in total. The van der Waals surface area contributed by atoms with Crippen LogP contribution in [0, 0.1) is 5.92 Å². The molecule has 0 bridgehead atoms. The minimum Gasteiger partial charge on any atom is -0.383 e.